The minimum atomic E-state index is 0.649. The summed E-state index contributed by atoms with van der Waals surface area (Å²) in [5.74, 6) is 2.59. The van der Waals surface area contributed by atoms with Crippen LogP contribution in [0.3, 0.4) is 0 Å². The van der Waals surface area contributed by atoms with Gasteiger partial charge in [0, 0.05) is 18.8 Å². The van der Waals surface area contributed by atoms with Gasteiger partial charge in [0.25, 0.3) is 0 Å². The zero-order chi connectivity index (χ0) is 12.8. The molecule has 1 aromatic rings. The van der Waals surface area contributed by atoms with Gasteiger partial charge in [-0.1, -0.05) is 0 Å². The van der Waals surface area contributed by atoms with Crippen molar-refractivity contribution >= 4 is 0 Å². The summed E-state index contributed by atoms with van der Waals surface area (Å²) in [4.78, 5) is 0. The molecule has 0 amide bonds. The Morgan fingerprint density at radius 1 is 1.39 bits per heavy atom. The lowest BCUT2D eigenvalue weighted by molar-refractivity contribution is 0.0155. The highest BCUT2D eigenvalue weighted by molar-refractivity contribution is 5.19. The maximum atomic E-state index is 5.80. The zero-order valence-electron chi connectivity index (χ0n) is 11.3. The summed E-state index contributed by atoms with van der Waals surface area (Å²) in [6.45, 7) is 6.00. The Morgan fingerprint density at radius 2 is 2.17 bits per heavy atom. The predicted octanol–water partition coefficient (Wildman–Crippen LogP) is 2.25. The maximum absolute atomic E-state index is 5.80. The van der Waals surface area contributed by atoms with Crippen LogP contribution >= 0.6 is 0 Å². The normalized spacial score (nSPS) is 17.2. The van der Waals surface area contributed by atoms with E-state index in [9.17, 15) is 0 Å². The van der Waals surface area contributed by atoms with E-state index in [0.717, 1.165) is 56.3 Å². The second kappa shape index (κ2) is 6.92. The Morgan fingerprint density at radius 3 is 2.89 bits per heavy atom. The third-order valence-corrected chi connectivity index (χ3v) is 3.37. The highest BCUT2D eigenvalue weighted by Crippen LogP contribution is 2.18. The second-order valence-electron chi connectivity index (χ2n) is 4.90. The van der Waals surface area contributed by atoms with Crippen LogP contribution in [0.15, 0.2) is 10.5 Å². The third-order valence-electron chi connectivity index (χ3n) is 3.37. The van der Waals surface area contributed by atoms with Crippen LogP contribution in [0.1, 0.15) is 29.9 Å². The van der Waals surface area contributed by atoms with Gasteiger partial charge in [-0.3, -0.25) is 0 Å². The Labute approximate surface area is 109 Å². The molecule has 0 spiro atoms. The molecular formula is C14H23NO3. The molecule has 1 aliphatic heterocycles. The van der Waals surface area contributed by atoms with Crippen molar-refractivity contribution in [2.24, 2.45) is 5.92 Å². The van der Waals surface area contributed by atoms with Crippen LogP contribution in [0.4, 0.5) is 0 Å². The lowest BCUT2D eigenvalue weighted by Crippen LogP contribution is -2.20. The first kappa shape index (κ1) is 13.6. The number of rotatable bonds is 6. The first-order valence-corrected chi connectivity index (χ1v) is 6.68. The number of furan rings is 1. The molecule has 0 bridgehead atoms. The zero-order valence-corrected chi connectivity index (χ0v) is 11.3. The molecule has 18 heavy (non-hydrogen) atoms. The molecule has 0 radical (unpaired) electrons. The Hall–Kier alpha value is -0.840. The van der Waals surface area contributed by atoms with E-state index >= 15 is 0 Å². The topological polar surface area (TPSA) is 43.6 Å². The van der Waals surface area contributed by atoms with Crippen LogP contribution < -0.4 is 5.32 Å². The molecule has 4 heteroatoms. The first-order chi connectivity index (χ1) is 8.79. The first-order valence-electron chi connectivity index (χ1n) is 6.68. The molecule has 0 aromatic carbocycles. The van der Waals surface area contributed by atoms with Gasteiger partial charge >= 0.3 is 0 Å². The van der Waals surface area contributed by atoms with Gasteiger partial charge in [-0.25, -0.2) is 0 Å². The molecule has 0 aliphatic carbocycles. The fourth-order valence-electron chi connectivity index (χ4n) is 2.24. The Kier molecular flexibility index (Phi) is 5.23. The van der Waals surface area contributed by atoms with Gasteiger partial charge in [0.2, 0.25) is 0 Å². The summed E-state index contributed by atoms with van der Waals surface area (Å²) >= 11 is 0. The molecule has 1 aliphatic rings. The maximum Gasteiger partial charge on any atom is 0.118 e. The predicted molar refractivity (Wildman–Crippen MR) is 69.4 cm³/mol. The lowest BCUT2D eigenvalue weighted by atomic mass is 10.0. The van der Waals surface area contributed by atoms with Crippen molar-refractivity contribution in [3.05, 3.63) is 23.2 Å². The second-order valence-corrected chi connectivity index (χ2v) is 4.90. The highest BCUT2D eigenvalue weighted by Gasteiger charge is 2.14. The molecule has 4 nitrogen and oxygen atoms in total. The van der Waals surface area contributed by atoms with Crippen LogP contribution in [-0.4, -0.2) is 26.9 Å². The van der Waals surface area contributed by atoms with E-state index in [1.807, 2.05) is 14.0 Å². The van der Waals surface area contributed by atoms with Gasteiger partial charge in [0.05, 0.1) is 19.8 Å². The summed E-state index contributed by atoms with van der Waals surface area (Å²) in [6.07, 6.45) is 2.24. The Bertz CT molecular complexity index is 356. The van der Waals surface area contributed by atoms with Gasteiger partial charge in [-0.05, 0) is 38.8 Å². The number of hydrogen-bond donors (Lipinski definition) is 1. The van der Waals surface area contributed by atoms with Crippen molar-refractivity contribution in [2.45, 2.75) is 32.9 Å². The minimum Gasteiger partial charge on any atom is -0.465 e. The van der Waals surface area contributed by atoms with Crippen molar-refractivity contribution in [1.82, 2.24) is 5.32 Å². The van der Waals surface area contributed by atoms with Crippen molar-refractivity contribution in [3.8, 4) is 0 Å². The largest absolute Gasteiger partial charge is 0.465 e. The van der Waals surface area contributed by atoms with Crippen LogP contribution in [0.25, 0.3) is 0 Å². The SMILES string of the molecule is CNCc1cc(COCC2CCOCC2)c(C)o1. The third kappa shape index (κ3) is 3.83. The molecule has 102 valence electrons. The van der Waals surface area contributed by atoms with E-state index in [0.29, 0.717) is 12.5 Å². The molecule has 1 N–H and O–H groups in total. The van der Waals surface area contributed by atoms with Crippen LogP contribution in [0.5, 0.6) is 0 Å². The molecular weight excluding hydrogens is 230 g/mol. The molecule has 0 atom stereocenters. The van der Waals surface area contributed by atoms with E-state index < -0.39 is 0 Å². The molecule has 2 heterocycles. The van der Waals surface area contributed by atoms with Crippen LogP contribution in [0, 0.1) is 12.8 Å². The number of nitrogens with one attached hydrogen (secondary N) is 1. The average Bonchev–Trinajstić information content (AvgIpc) is 2.72. The van der Waals surface area contributed by atoms with Gasteiger partial charge in [0.1, 0.15) is 11.5 Å². The van der Waals surface area contributed by atoms with Crippen LogP contribution in [-0.2, 0) is 22.6 Å². The summed E-state index contributed by atoms with van der Waals surface area (Å²) < 4.78 is 16.8. The average molecular weight is 253 g/mol. The van der Waals surface area contributed by atoms with Crippen molar-refractivity contribution < 1.29 is 13.9 Å². The molecule has 2 rings (SSSR count). The lowest BCUT2D eigenvalue weighted by Gasteiger charge is -2.21. The quantitative estimate of drug-likeness (QED) is 0.844. The standard InChI is InChI=1S/C14H23NO3/c1-11-13(7-14(18-11)8-15-2)10-17-9-12-3-5-16-6-4-12/h7,12,15H,3-6,8-10H2,1-2H3. The van der Waals surface area contributed by atoms with Crippen molar-refractivity contribution in [3.63, 3.8) is 0 Å². The molecule has 1 aromatic heterocycles. The summed E-state index contributed by atoms with van der Waals surface area (Å²) in [6, 6.07) is 2.08. The van der Waals surface area contributed by atoms with E-state index in [2.05, 4.69) is 11.4 Å². The highest BCUT2D eigenvalue weighted by atomic mass is 16.5. The van der Waals surface area contributed by atoms with E-state index in [1.54, 1.807) is 0 Å². The van der Waals surface area contributed by atoms with Gasteiger partial charge in [-0.15, -0.1) is 0 Å². The van der Waals surface area contributed by atoms with Crippen LogP contribution in [0.2, 0.25) is 0 Å². The number of hydrogen-bond acceptors (Lipinski definition) is 4. The number of aryl methyl sites for hydroxylation is 1. The van der Waals surface area contributed by atoms with E-state index in [4.69, 9.17) is 13.9 Å². The fraction of sp³-hybridized carbons (Fsp3) is 0.714. The summed E-state index contributed by atoms with van der Waals surface area (Å²) in [5.41, 5.74) is 1.16. The van der Waals surface area contributed by atoms with Gasteiger partial charge < -0.3 is 19.2 Å². The van der Waals surface area contributed by atoms with Crippen molar-refractivity contribution in [1.29, 1.82) is 0 Å². The monoisotopic (exact) mass is 253 g/mol. The molecule has 0 saturated carbocycles. The smallest absolute Gasteiger partial charge is 0.118 e. The summed E-state index contributed by atoms with van der Waals surface area (Å²) in [5, 5.41) is 3.08. The Balaban J connectivity index is 1.75. The molecule has 1 fully saturated rings. The number of ether oxygens (including phenoxy) is 2. The minimum absolute atomic E-state index is 0.649. The molecule has 1 saturated heterocycles. The van der Waals surface area contributed by atoms with Gasteiger partial charge in [0.15, 0.2) is 0 Å². The summed E-state index contributed by atoms with van der Waals surface area (Å²) in [7, 11) is 1.92. The molecule has 0 unspecified atom stereocenters. The fourth-order valence-corrected chi connectivity index (χ4v) is 2.24. The van der Waals surface area contributed by atoms with E-state index in [1.165, 1.54) is 0 Å². The van der Waals surface area contributed by atoms with Crippen molar-refractivity contribution in [2.75, 3.05) is 26.9 Å². The van der Waals surface area contributed by atoms with Gasteiger partial charge in [-0.2, -0.15) is 0 Å². The van der Waals surface area contributed by atoms with E-state index in [-0.39, 0.29) is 0 Å².